The van der Waals surface area contributed by atoms with E-state index in [1.807, 2.05) is 17.0 Å². The standard InChI is InChI=1S/C18H21ClN2O2/c1-2-18(12-22)7-10-21(11-8-18)17(23)14-5-6-15(19)13-4-3-9-20-16(13)14/h3-6,9,22H,2,7-8,10-12H2,1H3. The summed E-state index contributed by atoms with van der Waals surface area (Å²) in [6.07, 6.45) is 4.30. The third kappa shape index (κ3) is 2.93. The van der Waals surface area contributed by atoms with Crippen molar-refractivity contribution in [2.75, 3.05) is 19.7 Å². The van der Waals surface area contributed by atoms with Crippen molar-refractivity contribution in [1.29, 1.82) is 0 Å². The normalized spacial score (nSPS) is 17.4. The molecule has 1 aliphatic rings. The molecule has 1 saturated heterocycles. The Hall–Kier alpha value is -1.65. The molecule has 0 aliphatic carbocycles. The summed E-state index contributed by atoms with van der Waals surface area (Å²) in [5.41, 5.74) is 1.22. The molecule has 23 heavy (non-hydrogen) atoms. The number of hydrogen-bond donors (Lipinski definition) is 1. The van der Waals surface area contributed by atoms with Gasteiger partial charge in [0.1, 0.15) is 0 Å². The van der Waals surface area contributed by atoms with Crippen LogP contribution < -0.4 is 0 Å². The molecular weight excluding hydrogens is 312 g/mol. The molecule has 0 atom stereocenters. The fourth-order valence-corrected chi connectivity index (χ4v) is 3.50. The molecule has 1 fully saturated rings. The molecular formula is C18H21ClN2O2. The predicted octanol–water partition coefficient (Wildman–Crippen LogP) is 3.51. The fraction of sp³-hybridized carbons (Fsp3) is 0.444. The van der Waals surface area contributed by atoms with Gasteiger partial charge in [-0.1, -0.05) is 18.5 Å². The number of nitrogens with zero attached hydrogens (tertiary/aromatic N) is 2. The van der Waals surface area contributed by atoms with E-state index in [1.54, 1.807) is 18.3 Å². The number of aliphatic hydroxyl groups is 1. The first-order valence-electron chi connectivity index (χ1n) is 8.03. The van der Waals surface area contributed by atoms with Crippen LogP contribution in [0.2, 0.25) is 5.02 Å². The Morgan fingerprint density at radius 3 is 2.74 bits per heavy atom. The van der Waals surface area contributed by atoms with Crippen molar-refractivity contribution in [3.05, 3.63) is 41.0 Å². The van der Waals surface area contributed by atoms with Crippen LogP contribution >= 0.6 is 11.6 Å². The number of carbonyl (C=O) groups is 1. The number of likely N-dealkylation sites (tertiary alicyclic amines) is 1. The second-order valence-corrected chi connectivity index (χ2v) is 6.71. The van der Waals surface area contributed by atoms with Gasteiger partial charge in [-0.05, 0) is 48.9 Å². The quantitative estimate of drug-likeness (QED) is 0.935. The fourth-order valence-electron chi connectivity index (χ4n) is 3.29. The van der Waals surface area contributed by atoms with Crippen molar-refractivity contribution in [2.24, 2.45) is 5.41 Å². The van der Waals surface area contributed by atoms with E-state index in [9.17, 15) is 9.90 Å². The average molecular weight is 333 g/mol. The van der Waals surface area contributed by atoms with Crippen LogP contribution in [-0.2, 0) is 0 Å². The van der Waals surface area contributed by atoms with Crippen LogP contribution in [0.1, 0.15) is 36.5 Å². The molecule has 2 aromatic rings. The van der Waals surface area contributed by atoms with Gasteiger partial charge in [0.2, 0.25) is 0 Å². The summed E-state index contributed by atoms with van der Waals surface area (Å²) in [5.74, 6) is -0.00647. The van der Waals surface area contributed by atoms with Gasteiger partial charge in [-0.15, -0.1) is 0 Å². The minimum Gasteiger partial charge on any atom is -0.396 e. The van der Waals surface area contributed by atoms with E-state index in [0.717, 1.165) is 24.6 Å². The van der Waals surface area contributed by atoms with Crippen LogP contribution in [0.3, 0.4) is 0 Å². The third-order valence-electron chi connectivity index (χ3n) is 5.14. The maximum Gasteiger partial charge on any atom is 0.256 e. The highest BCUT2D eigenvalue weighted by Gasteiger charge is 2.34. The van der Waals surface area contributed by atoms with Crippen LogP contribution in [0.4, 0.5) is 0 Å². The van der Waals surface area contributed by atoms with Crippen LogP contribution in [-0.4, -0.2) is 40.6 Å². The smallest absolute Gasteiger partial charge is 0.256 e. The van der Waals surface area contributed by atoms with E-state index in [-0.39, 0.29) is 17.9 Å². The Balaban J connectivity index is 1.87. The van der Waals surface area contributed by atoms with Crippen molar-refractivity contribution in [3.63, 3.8) is 0 Å². The van der Waals surface area contributed by atoms with Gasteiger partial charge in [-0.2, -0.15) is 0 Å². The molecule has 1 aromatic carbocycles. The summed E-state index contributed by atoms with van der Waals surface area (Å²) >= 11 is 6.20. The largest absolute Gasteiger partial charge is 0.396 e. The Morgan fingerprint density at radius 2 is 2.09 bits per heavy atom. The lowest BCUT2D eigenvalue weighted by Crippen LogP contribution is -2.44. The highest BCUT2D eigenvalue weighted by atomic mass is 35.5. The first-order chi connectivity index (χ1) is 11.1. The number of carbonyl (C=O) groups excluding carboxylic acids is 1. The summed E-state index contributed by atoms with van der Waals surface area (Å²) < 4.78 is 0. The van der Waals surface area contributed by atoms with E-state index in [2.05, 4.69) is 11.9 Å². The van der Waals surface area contributed by atoms with E-state index in [0.29, 0.717) is 29.2 Å². The van der Waals surface area contributed by atoms with E-state index in [1.165, 1.54) is 0 Å². The van der Waals surface area contributed by atoms with Gasteiger partial charge in [-0.3, -0.25) is 9.78 Å². The van der Waals surface area contributed by atoms with Crippen molar-refractivity contribution in [3.8, 4) is 0 Å². The zero-order valence-electron chi connectivity index (χ0n) is 13.3. The van der Waals surface area contributed by atoms with Crippen LogP contribution in [0.15, 0.2) is 30.5 Å². The number of rotatable bonds is 3. The van der Waals surface area contributed by atoms with Crippen molar-refractivity contribution in [1.82, 2.24) is 9.88 Å². The number of halogens is 1. The molecule has 1 aliphatic heterocycles. The third-order valence-corrected chi connectivity index (χ3v) is 5.47. The maximum absolute atomic E-state index is 12.9. The number of pyridine rings is 1. The van der Waals surface area contributed by atoms with Crippen LogP contribution in [0, 0.1) is 5.41 Å². The predicted molar refractivity (Wildman–Crippen MR) is 91.7 cm³/mol. The van der Waals surface area contributed by atoms with Gasteiger partial charge >= 0.3 is 0 Å². The molecule has 1 aromatic heterocycles. The summed E-state index contributed by atoms with van der Waals surface area (Å²) in [5, 5.41) is 11.0. The highest BCUT2D eigenvalue weighted by molar-refractivity contribution is 6.36. The minimum atomic E-state index is -0.0307. The number of piperidine rings is 1. The number of aliphatic hydroxyl groups excluding tert-OH is 1. The molecule has 0 saturated carbocycles. The SMILES string of the molecule is CCC1(CO)CCN(C(=O)c2ccc(Cl)c3cccnc23)CC1. The Bertz CT molecular complexity index is 718. The molecule has 122 valence electrons. The number of aromatic nitrogens is 1. The Kier molecular flexibility index (Phi) is 4.55. The number of hydrogen-bond acceptors (Lipinski definition) is 3. The average Bonchev–Trinajstić information content (AvgIpc) is 2.62. The van der Waals surface area contributed by atoms with Crippen LogP contribution in [0.25, 0.3) is 10.9 Å². The number of fused-ring (bicyclic) bond motifs is 1. The number of amides is 1. The molecule has 1 amide bonds. The molecule has 0 unspecified atom stereocenters. The molecule has 3 rings (SSSR count). The Morgan fingerprint density at radius 1 is 1.35 bits per heavy atom. The molecule has 2 heterocycles. The lowest BCUT2D eigenvalue weighted by molar-refractivity contribution is 0.0339. The topological polar surface area (TPSA) is 53.4 Å². The Labute approximate surface area is 141 Å². The van der Waals surface area contributed by atoms with E-state index in [4.69, 9.17) is 11.6 Å². The minimum absolute atomic E-state index is 0.00647. The summed E-state index contributed by atoms with van der Waals surface area (Å²) in [7, 11) is 0. The molecule has 0 radical (unpaired) electrons. The monoisotopic (exact) mass is 332 g/mol. The number of benzene rings is 1. The van der Waals surface area contributed by atoms with Gasteiger partial charge < -0.3 is 10.0 Å². The van der Waals surface area contributed by atoms with Crippen molar-refractivity contribution >= 4 is 28.4 Å². The summed E-state index contributed by atoms with van der Waals surface area (Å²) in [4.78, 5) is 19.1. The molecule has 4 nitrogen and oxygen atoms in total. The van der Waals surface area contributed by atoms with Gasteiger partial charge in [-0.25, -0.2) is 0 Å². The van der Waals surface area contributed by atoms with Gasteiger partial charge in [0.15, 0.2) is 0 Å². The van der Waals surface area contributed by atoms with Gasteiger partial charge in [0, 0.05) is 31.3 Å². The highest BCUT2D eigenvalue weighted by Crippen LogP contribution is 2.35. The first kappa shape index (κ1) is 16.2. The van der Waals surface area contributed by atoms with Gasteiger partial charge in [0.25, 0.3) is 5.91 Å². The lowest BCUT2D eigenvalue weighted by atomic mass is 9.77. The second kappa shape index (κ2) is 6.46. The van der Waals surface area contributed by atoms with Crippen LogP contribution in [0.5, 0.6) is 0 Å². The molecule has 0 spiro atoms. The molecule has 5 heteroatoms. The van der Waals surface area contributed by atoms with Crippen molar-refractivity contribution in [2.45, 2.75) is 26.2 Å². The summed E-state index contributed by atoms with van der Waals surface area (Å²) in [6, 6.07) is 7.21. The second-order valence-electron chi connectivity index (χ2n) is 6.30. The summed E-state index contributed by atoms with van der Waals surface area (Å²) in [6.45, 7) is 3.63. The first-order valence-corrected chi connectivity index (χ1v) is 8.41. The van der Waals surface area contributed by atoms with E-state index < -0.39 is 0 Å². The zero-order valence-corrected chi connectivity index (χ0v) is 14.0. The van der Waals surface area contributed by atoms with Crippen molar-refractivity contribution < 1.29 is 9.90 Å². The van der Waals surface area contributed by atoms with E-state index >= 15 is 0 Å². The van der Waals surface area contributed by atoms with Gasteiger partial charge in [0.05, 0.1) is 16.1 Å². The lowest BCUT2D eigenvalue weighted by Gasteiger charge is -2.40. The maximum atomic E-state index is 12.9. The molecule has 0 bridgehead atoms. The zero-order chi connectivity index (χ0) is 16.4. The molecule has 1 N–H and O–H groups in total.